The van der Waals surface area contributed by atoms with E-state index >= 15 is 0 Å². The molecule has 0 bridgehead atoms. The Labute approximate surface area is 125 Å². The van der Waals surface area contributed by atoms with Crippen LogP contribution in [0.25, 0.3) is 0 Å². The van der Waals surface area contributed by atoms with Crippen molar-refractivity contribution in [3.8, 4) is 0 Å². The number of halogens is 1. The Morgan fingerprint density at radius 3 is 2.85 bits per heavy atom. The van der Waals surface area contributed by atoms with E-state index in [2.05, 4.69) is 26.0 Å². The standard InChI is InChI=1S/C11H14BrN3O4S/c12-8-3-4-11(10(6-8)15(16)17)20(18,19)14-7-9-2-1-5-13-9/h3-4,6,9,13-14H,1-2,5,7H2. The highest BCUT2D eigenvalue weighted by atomic mass is 79.9. The van der Waals surface area contributed by atoms with Crippen LogP contribution in [0.4, 0.5) is 5.69 Å². The average Bonchev–Trinajstić information content (AvgIpc) is 2.89. The summed E-state index contributed by atoms with van der Waals surface area (Å²) in [5.41, 5.74) is -0.439. The molecule has 1 heterocycles. The van der Waals surface area contributed by atoms with Gasteiger partial charge in [-0.15, -0.1) is 0 Å². The van der Waals surface area contributed by atoms with E-state index < -0.39 is 20.6 Å². The molecule has 1 unspecified atom stereocenters. The monoisotopic (exact) mass is 363 g/mol. The van der Waals surface area contributed by atoms with Crippen LogP contribution in [0, 0.1) is 10.1 Å². The largest absolute Gasteiger partial charge is 0.313 e. The molecular formula is C11H14BrN3O4S. The quantitative estimate of drug-likeness (QED) is 0.607. The van der Waals surface area contributed by atoms with E-state index in [4.69, 9.17) is 0 Å². The zero-order valence-corrected chi connectivity index (χ0v) is 12.9. The number of benzene rings is 1. The van der Waals surface area contributed by atoms with Crippen molar-refractivity contribution in [1.82, 2.24) is 10.0 Å². The highest BCUT2D eigenvalue weighted by Gasteiger charge is 2.27. The summed E-state index contributed by atoms with van der Waals surface area (Å²) in [6.07, 6.45) is 1.90. The van der Waals surface area contributed by atoms with Crippen molar-refractivity contribution < 1.29 is 13.3 Å². The molecule has 1 aromatic rings. The zero-order chi connectivity index (χ0) is 14.8. The predicted molar refractivity (Wildman–Crippen MR) is 77.0 cm³/mol. The van der Waals surface area contributed by atoms with Gasteiger partial charge in [0.2, 0.25) is 10.0 Å². The summed E-state index contributed by atoms with van der Waals surface area (Å²) in [5.74, 6) is 0. The second-order valence-corrected chi connectivity index (χ2v) is 7.17. The third kappa shape index (κ3) is 3.54. The number of nitro benzene ring substituents is 1. The van der Waals surface area contributed by atoms with Crippen molar-refractivity contribution in [3.05, 3.63) is 32.8 Å². The van der Waals surface area contributed by atoms with Gasteiger partial charge in [-0.1, -0.05) is 15.9 Å². The molecule has 1 aromatic carbocycles. The van der Waals surface area contributed by atoms with Crippen molar-refractivity contribution in [2.24, 2.45) is 0 Å². The molecule has 1 atom stereocenters. The minimum atomic E-state index is -3.89. The molecule has 110 valence electrons. The molecule has 1 saturated heterocycles. The van der Waals surface area contributed by atoms with Gasteiger partial charge >= 0.3 is 0 Å². The molecule has 0 aliphatic carbocycles. The second kappa shape index (κ2) is 6.17. The summed E-state index contributed by atoms with van der Waals surface area (Å²) >= 11 is 3.09. The molecule has 2 rings (SSSR count). The predicted octanol–water partition coefficient (Wildman–Crippen LogP) is 1.39. The summed E-state index contributed by atoms with van der Waals surface area (Å²) in [5, 5.41) is 14.1. The highest BCUT2D eigenvalue weighted by Crippen LogP contribution is 2.27. The lowest BCUT2D eigenvalue weighted by atomic mass is 10.2. The minimum Gasteiger partial charge on any atom is -0.313 e. The summed E-state index contributed by atoms with van der Waals surface area (Å²) in [7, 11) is -3.89. The molecule has 1 aliphatic rings. The van der Waals surface area contributed by atoms with Gasteiger partial charge in [-0.25, -0.2) is 13.1 Å². The highest BCUT2D eigenvalue weighted by molar-refractivity contribution is 9.10. The van der Waals surface area contributed by atoms with Crippen LogP contribution in [0.15, 0.2) is 27.6 Å². The van der Waals surface area contributed by atoms with Gasteiger partial charge in [-0.05, 0) is 31.5 Å². The van der Waals surface area contributed by atoms with Crippen LogP contribution in [0.5, 0.6) is 0 Å². The van der Waals surface area contributed by atoms with E-state index in [1.165, 1.54) is 18.2 Å². The molecule has 0 aromatic heterocycles. The van der Waals surface area contributed by atoms with Crippen LogP contribution in [-0.4, -0.2) is 32.5 Å². The molecule has 7 nitrogen and oxygen atoms in total. The number of hydrogen-bond donors (Lipinski definition) is 2. The fraction of sp³-hybridized carbons (Fsp3) is 0.455. The van der Waals surface area contributed by atoms with Gasteiger partial charge in [-0.3, -0.25) is 10.1 Å². The first kappa shape index (κ1) is 15.4. The van der Waals surface area contributed by atoms with Gasteiger partial charge in [0.05, 0.1) is 4.92 Å². The summed E-state index contributed by atoms with van der Waals surface area (Å²) in [4.78, 5) is 9.94. The van der Waals surface area contributed by atoms with Crippen LogP contribution in [0.3, 0.4) is 0 Å². The van der Waals surface area contributed by atoms with Gasteiger partial charge in [0.15, 0.2) is 4.90 Å². The Morgan fingerprint density at radius 1 is 1.50 bits per heavy atom. The Bertz CT molecular complexity index is 614. The Hall–Kier alpha value is -1.03. The minimum absolute atomic E-state index is 0.0827. The van der Waals surface area contributed by atoms with E-state index in [-0.39, 0.29) is 17.5 Å². The second-order valence-electron chi connectivity index (χ2n) is 4.51. The zero-order valence-electron chi connectivity index (χ0n) is 10.5. The molecule has 0 spiro atoms. The molecule has 2 N–H and O–H groups in total. The van der Waals surface area contributed by atoms with E-state index in [9.17, 15) is 18.5 Å². The van der Waals surface area contributed by atoms with Crippen LogP contribution in [-0.2, 0) is 10.0 Å². The molecule has 9 heteroatoms. The number of hydrogen-bond acceptors (Lipinski definition) is 5. The maximum atomic E-state index is 12.2. The maximum Gasteiger partial charge on any atom is 0.290 e. The number of nitrogens with one attached hydrogen (secondary N) is 2. The smallest absolute Gasteiger partial charge is 0.290 e. The number of nitro groups is 1. The van der Waals surface area contributed by atoms with Crippen molar-refractivity contribution in [2.75, 3.05) is 13.1 Å². The Balaban J connectivity index is 2.22. The van der Waals surface area contributed by atoms with Crippen molar-refractivity contribution in [1.29, 1.82) is 0 Å². The van der Waals surface area contributed by atoms with Crippen molar-refractivity contribution in [3.63, 3.8) is 0 Å². The van der Waals surface area contributed by atoms with Crippen LogP contribution < -0.4 is 10.0 Å². The topological polar surface area (TPSA) is 101 Å². The Kier molecular flexibility index (Phi) is 4.74. The lowest BCUT2D eigenvalue weighted by Gasteiger charge is -2.12. The van der Waals surface area contributed by atoms with E-state index in [0.29, 0.717) is 4.47 Å². The van der Waals surface area contributed by atoms with Gasteiger partial charge in [0.1, 0.15) is 0 Å². The summed E-state index contributed by atoms with van der Waals surface area (Å²) in [6, 6.07) is 3.96. The normalized spacial score (nSPS) is 19.1. The average molecular weight is 364 g/mol. The maximum absolute atomic E-state index is 12.2. The summed E-state index contributed by atoms with van der Waals surface area (Å²) in [6.45, 7) is 1.10. The fourth-order valence-corrected chi connectivity index (χ4v) is 3.66. The molecule has 1 aliphatic heterocycles. The first-order valence-corrected chi connectivity index (χ1v) is 8.35. The van der Waals surface area contributed by atoms with Gasteiger partial charge in [0, 0.05) is 23.1 Å². The van der Waals surface area contributed by atoms with Crippen LogP contribution in [0.2, 0.25) is 0 Å². The number of sulfonamides is 1. The molecule has 1 fully saturated rings. The molecule has 0 saturated carbocycles. The third-order valence-corrected chi connectivity index (χ3v) is 5.05. The lowest BCUT2D eigenvalue weighted by Crippen LogP contribution is -2.37. The first-order valence-electron chi connectivity index (χ1n) is 6.07. The first-order chi connectivity index (χ1) is 9.40. The number of nitrogens with zero attached hydrogens (tertiary/aromatic N) is 1. The fourth-order valence-electron chi connectivity index (χ4n) is 2.08. The van der Waals surface area contributed by atoms with Gasteiger partial charge in [-0.2, -0.15) is 0 Å². The van der Waals surface area contributed by atoms with Crippen LogP contribution in [0.1, 0.15) is 12.8 Å². The van der Waals surface area contributed by atoms with Gasteiger partial charge < -0.3 is 5.32 Å². The van der Waals surface area contributed by atoms with E-state index in [1.54, 1.807) is 0 Å². The Morgan fingerprint density at radius 2 is 2.25 bits per heavy atom. The van der Waals surface area contributed by atoms with E-state index in [0.717, 1.165) is 19.4 Å². The molecule has 0 radical (unpaired) electrons. The molecule has 0 amide bonds. The third-order valence-electron chi connectivity index (χ3n) is 3.09. The summed E-state index contributed by atoms with van der Waals surface area (Å²) < 4.78 is 27.2. The number of rotatable bonds is 5. The van der Waals surface area contributed by atoms with Crippen molar-refractivity contribution in [2.45, 2.75) is 23.8 Å². The van der Waals surface area contributed by atoms with Crippen LogP contribution >= 0.6 is 15.9 Å². The lowest BCUT2D eigenvalue weighted by molar-refractivity contribution is -0.387. The van der Waals surface area contributed by atoms with Crippen molar-refractivity contribution >= 4 is 31.6 Å². The van der Waals surface area contributed by atoms with Gasteiger partial charge in [0.25, 0.3) is 5.69 Å². The van der Waals surface area contributed by atoms with E-state index in [1.807, 2.05) is 0 Å². The SMILES string of the molecule is O=[N+]([O-])c1cc(Br)ccc1S(=O)(=O)NCC1CCCN1. The molecule has 20 heavy (non-hydrogen) atoms. The molecular weight excluding hydrogens is 350 g/mol.